The fraction of sp³-hybridized carbons (Fsp3) is 0.500. The standard InChI is InChI=1S/C16H23N5O4S/c1-10(21-7-5-11(6-8-21)20-26(2,24)25)15(22)17-12-3-4-13-14(9-12)19-16(23)18-13/h3-4,9-11,20H,5-8H2,1-2H3,(H,17,22)(H2,18,19,23)/t10-/m0/s1. The molecule has 0 saturated carbocycles. The van der Waals surface area contributed by atoms with Gasteiger partial charge < -0.3 is 15.3 Å². The van der Waals surface area contributed by atoms with Crippen molar-refractivity contribution in [1.29, 1.82) is 0 Å². The van der Waals surface area contributed by atoms with Gasteiger partial charge in [-0.15, -0.1) is 0 Å². The Morgan fingerprint density at radius 2 is 1.88 bits per heavy atom. The van der Waals surface area contributed by atoms with Gasteiger partial charge in [0.15, 0.2) is 0 Å². The predicted octanol–water partition coefficient (Wildman–Crippen LogP) is 0.197. The molecular formula is C16H23N5O4S. The third-order valence-corrected chi connectivity index (χ3v) is 5.38. The van der Waals surface area contributed by atoms with Gasteiger partial charge in [-0.2, -0.15) is 0 Å². The van der Waals surface area contributed by atoms with Crippen molar-refractivity contribution in [3.63, 3.8) is 0 Å². The number of aromatic nitrogens is 2. The number of rotatable bonds is 5. The van der Waals surface area contributed by atoms with Crippen molar-refractivity contribution < 1.29 is 13.2 Å². The van der Waals surface area contributed by atoms with Gasteiger partial charge in [0.1, 0.15) is 0 Å². The van der Waals surface area contributed by atoms with Gasteiger partial charge in [-0.3, -0.25) is 9.69 Å². The first-order valence-corrected chi connectivity index (χ1v) is 10.3. The number of likely N-dealkylation sites (tertiary alicyclic amines) is 1. The third-order valence-electron chi connectivity index (χ3n) is 4.62. The van der Waals surface area contributed by atoms with Crippen LogP contribution in [0.25, 0.3) is 11.0 Å². The van der Waals surface area contributed by atoms with E-state index in [1.165, 1.54) is 0 Å². The minimum atomic E-state index is -3.21. The van der Waals surface area contributed by atoms with Crippen LogP contribution in [0.1, 0.15) is 19.8 Å². The maximum absolute atomic E-state index is 12.5. The second kappa shape index (κ2) is 7.22. The number of H-pyrrole nitrogens is 2. The smallest absolute Gasteiger partial charge is 0.323 e. The number of nitrogens with one attached hydrogen (secondary N) is 4. The zero-order valence-electron chi connectivity index (χ0n) is 14.7. The van der Waals surface area contributed by atoms with E-state index < -0.39 is 10.0 Å². The Kier molecular flexibility index (Phi) is 5.17. The Morgan fingerprint density at radius 3 is 2.54 bits per heavy atom. The second-order valence-corrected chi connectivity index (χ2v) is 8.49. The molecule has 1 saturated heterocycles. The number of aromatic amines is 2. The number of carbonyl (C=O) groups excluding carboxylic acids is 1. The molecule has 3 rings (SSSR count). The highest BCUT2D eigenvalue weighted by Crippen LogP contribution is 2.17. The number of carbonyl (C=O) groups is 1. The summed E-state index contributed by atoms with van der Waals surface area (Å²) in [7, 11) is -3.21. The summed E-state index contributed by atoms with van der Waals surface area (Å²) in [6.45, 7) is 3.12. The van der Waals surface area contributed by atoms with Crippen LogP contribution in [0.15, 0.2) is 23.0 Å². The van der Waals surface area contributed by atoms with Crippen molar-refractivity contribution in [3.8, 4) is 0 Å². The molecule has 0 radical (unpaired) electrons. The lowest BCUT2D eigenvalue weighted by Crippen LogP contribution is -2.50. The van der Waals surface area contributed by atoms with Gasteiger partial charge in [-0.25, -0.2) is 17.9 Å². The SMILES string of the molecule is C[C@@H](C(=O)Nc1ccc2[nH]c(=O)[nH]c2c1)N1CCC(NS(C)(=O)=O)CC1. The number of nitrogens with zero attached hydrogens (tertiary/aromatic N) is 1. The molecule has 1 atom stereocenters. The minimum absolute atomic E-state index is 0.0793. The molecule has 0 bridgehead atoms. The summed E-state index contributed by atoms with van der Waals surface area (Å²) in [5, 5.41) is 2.86. The second-order valence-electron chi connectivity index (χ2n) is 6.70. The summed E-state index contributed by atoms with van der Waals surface area (Å²) < 4.78 is 25.2. The Hall–Kier alpha value is -2.17. The molecular weight excluding hydrogens is 358 g/mol. The van der Waals surface area contributed by atoms with E-state index in [1.54, 1.807) is 18.2 Å². The van der Waals surface area contributed by atoms with E-state index in [4.69, 9.17) is 0 Å². The average molecular weight is 381 g/mol. The molecule has 10 heteroatoms. The number of anilines is 1. The number of sulfonamides is 1. The average Bonchev–Trinajstić information content (AvgIpc) is 2.92. The molecule has 2 aromatic rings. The van der Waals surface area contributed by atoms with Crippen molar-refractivity contribution in [1.82, 2.24) is 19.6 Å². The van der Waals surface area contributed by atoms with E-state index in [2.05, 4.69) is 20.0 Å². The molecule has 2 heterocycles. The Morgan fingerprint density at radius 1 is 1.23 bits per heavy atom. The number of piperidine rings is 1. The highest BCUT2D eigenvalue weighted by molar-refractivity contribution is 7.88. The van der Waals surface area contributed by atoms with Crippen molar-refractivity contribution in [3.05, 3.63) is 28.7 Å². The fourth-order valence-electron chi connectivity index (χ4n) is 3.23. The number of fused-ring (bicyclic) bond motifs is 1. The first-order valence-electron chi connectivity index (χ1n) is 8.45. The first-order chi connectivity index (χ1) is 12.2. The van der Waals surface area contributed by atoms with Crippen LogP contribution in [0.4, 0.5) is 5.69 Å². The van der Waals surface area contributed by atoms with E-state index in [1.807, 2.05) is 11.8 Å². The molecule has 9 nitrogen and oxygen atoms in total. The maximum Gasteiger partial charge on any atom is 0.323 e. The van der Waals surface area contributed by atoms with Crippen LogP contribution >= 0.6 is 0 Å². The number of benzene rings is 1. The van der Waals surface area contributed by atoms with Crippen molar-refractivity contribution >= 4 is 32.7 Å². The molecule has 1 aliphatic rings. The number of imidazole rings is 1. The van der Waals surface area contributed by atoms with E-state index in [0.29, 0.717) is 42.7 Å². The molecule has 1 fully saturated rings. The monoisotopic (exact) mass is 381 g/mol. The first kappa shape index (κ1) is 18.6. The number of amides is 1. The van der Waals surface area contributed by atoms with Crippen molar-refractivity contribution in [2.45, 2.75) is 31.8 Å². The normalized spacial score (nSPS) is 18.1. The lowest BCUT2D eigenvalue weighted by molar-refractivity contribution is -0.121. The topological polar surface area (TPSA) is 127 Å². The molecule has 142 valence electrons. The van der Waals surface area contributed by atoms with E-state index in [-0.39, 0.29) is 23.7 Å². The van der Waals surface area contributed by atoms with Crippen molar-refractivity contribution in [2.24, 2.45) is 0 Å². The highest BCUT2D eigenvalue weighted by Gasteiger charge is 2.27. The summed E-state index contributed by atoms with van der Waals surface area (Å²) in [5.74, 6) is -0.142. The third kappa shape index (κ3) is 4.51. The Bertz CT molecular complexity index is 956. The zero-order chi connectivity index (χ0) is 18.9. The molecule has 1 aromatic heterocycles. The van der Waals surface area contributed by atoms with Gasteiger partial charge in [-0.05, 0) is 38.0 Å². The molecule has 0 unspecified atom stereocenters. The van der Waals surface area contributed by atoms with Gasteiger partial charge in [0.05, 0.1) is 23.3 Å². The van der Waals surface area contributed by atoms with Crippen LogP contribution < -0.4 is 15.7 Å². The molecule has 0 aliphatic carbocycles. The summed E-state index contributed by atoms with van der Waals surface area (Å²) in [5.41, 5.74) is 1.63. The summed E-state index contributed by atoms with van der Waals surface area (Å²) >= 11 is 0. The highest BCUT2D eigenvalue weighted by atomic mass is 32.2. The summed E-state index contributed by atoms with van der Waals surface area (Å²) in [4.78, 5) is 31.2. The van der Waals surface area contributed by atoms with Gasteiger partial charge in [-0.1, -0.05) is 0 Å². The number of hydrogen-bond donors (Lipinski definition) is 4. The maximum atomic E-state index is 12.5. The van der Waals surface area contributed by atoms with E-state index >= 15 is 0 Å². The number of hydrogen-bond acceptors (Lipinski definition) is 5. The minimum Gasteiger partial charge on any atom is -0.325 e. The molecule has 1 aromatic carbocycles. The zero-order valence-corrected chi connectivity index (χ0v) is 15.5. The van der Waals surface area contributed by atoms with Crippen molar-refractivity contribution in [2.75, 3.05) is 24.7 Å². The largest absolute Gasteiger partial charge is 0.325 e. The van der Waals surface area contributed by atoms with E-state index in [0.717, 1.165) is 6.26 Å². The van der Waals surface area contributed by atoms with Crippen LogP contribution in [0.3, 0.4) is 0 Å². The fourth-order valence-corrected chi connectivity index (χ4v) is 4.07. The molecule has 0 spiro atoms. The molecule has 1 aliphatic heterocycles. The quantitative estimate of drug-likeness (QED) is 0.588. The van der Waals surface area contributed by atoms with Crippen LogP contribution in [-0.2, 0) is 14.8 Å². The predicted molar refractivity (Wildman–Crippen MR) is 99.6 cm³/mol. The van der Waals surface area contributed by atoms with Crippen LogP contribution in [0.5, 0.6) is 0 Å². The van der Waals surface area contributed by atoms with Crippen LogP contribution in [0, 0.1) is 0 Å². The lowest BCUT2D eigenvalue weighted by atomic mass is 10.0. The summed E-state index contributed by atoms with van der Waals surface area (Å²) in [6.07, 6.45) is 2.49. The Labute approximate surface area is 151 Å². The molecule has 4 N–H and O–H groups in total. The summed E-state index contributed by atoms with van der Waals surface area (Å²) in [6, 6.07) is 4.76. The van der Waals surface area contributed by atoms with Crippen LogP contribution in [-0.4, -0.2) is 60.6 Å². The Balaban J connectivity index is 1.58. The van der Waals surface area contributed by atoms with Crippen LogP contribution in [0.2, 0.25) is 0 Å². The lowest BCUT2D eigenvalue weighted by Gasteiger charge is -2.35. The molecule has 26 heavy (non-hydrogen) atoms. The van der Waals surface area contributed by atoms with Gasteiger partial charge in [0.2, 0.25) is 15.9 Å². The van der Waals surface area contributed by atoms with Gasteiger partial charge in [0, 0.05) is 24.8 Å². The van der Waals surface area contributed by atoms with Gasteiger partial charge in [0.25, 0.3) is 0 Å². The van der Waals surface area contributed by atoms with Gasteiger partial charge >= 0.3 is 5.69 Å². The van der Waals surface area contributed by atoms with E-state index in [9.17, 15) is 18.0 Å². The molecule has 1 amide bonds.